The highest BCUT2D eigenvalue weighted by Crippen LogP contribution is 2.43. The summed E-state index contributed by atoms with van der Waals surface area (Å²) in [6.45, 7) is 9.01. The average molecular weight is 428 g/mol. The van der Waals surface area contributed by atoms with Crippen LogP contribution in [-0.4, -0.2) is 37.2 Å². The van der Waals surface area contributed by atoms with Crippen LogP contribution in [0, 0.1) is 0 Å². The van der Waals surface area contributed by atoms with Crippen molar-refractivity contribution < 1.29 is 27.6 Å². The Morgan fingerprint density at radius 1 is 1.14 bits per heavy atom. The van der Waals surface area contributed by atoms with Crippen molar-refractivity contribution in [3.05, 3.63) is 30.3 Å². The van der Waals surface area contributed by atoms with Gasteiger partial charge in [0.25, 0.3) is 0 Å². The fourth-order valence-corrected chi connectivity index (χ4v) is 3.96. The number of rotatable bonds is 5. The van der Waals surface area contributed by atoms with Gasteiger partial charge in [0.2, 0.25) is 10.4 Å². The minimum atomic E-state index is -4.92. The summed E-state index contributed by atoms with van der Waals surface area (Å²) in [5, 5.41) is 2.22. The first kappa shape index (κ1) is 22.3. The number of hydrogen-bond acceptors (Lipinski definition) is 7. The molecule has 154 valence electrons. The summed E-state index contributed by atoms with van der Waals surface area (Å²) in [4.78, 5) is 4.84. The van der Waals surface area contributed by atoms with Crippen molar-refractivity contribution in [3.63, 3.8) is 0 Å². The number of fused-ring (bicyclic) bond motifs is 2. The van der Waals surface area contributed by atoms with Crippen LogP contribution in [0.5, 0.6) is 5.75 Å². The van der Waals surface area contributed by atoms with Crippen molar-refractivity contribution in [2.75, 3.05) is 30.3 Å². The summed E-state index contributed by atoms with van der Waals surface area (Å²) in [5.41, 5.74) is 10.5. The standard InChI is InChI=1S/C18H23N3OS.H2O4S/c1-4-21(5-2)12-7-8-14-17(9-12)23-18-10-13(19)16(22-6-3)11-15(18)20-14;1-5(2,3)4/h7-11,20H,4-6,19H2,1-3H3;(H2,1,2,3,4). The van der Waals surface area contributed by atoms with E-state index in [1.807, 2.05) is 19.1 Å². The van der Waals surface area contributed by atoms with Crippen molar-refractivity contribution >= 4 is 44.9 Å². The molecule has 0 unspecified atom stereocenters. The van der Waals surface area contributed by atoms with Crippen LogP contribution in [0.2, 0.25) is 0 Å². The summed E-state index contributed by atoms with van der Waals surface area (Å²) >= 11 is 1.78. The van der Waals surface area contributed by atoms with Crippen molar-refractivity contribution in [3.8, 4) is 5.75 Å². The molecule has 5 N–H and O–H groups in total. The lowest BCUT2D eigenvalue weighted by atomic mass is 10.2. The summed E-state index contributed by atoms with van der Waals surface area (Å²) in [6.07, 6.45) is 0. The first-order valence-electron chi connectivity index (χ1n) is 8.82. The minimum Gasteiger partial charge on any atom is -0.726 e. The lowest BCUT2D eigenvalue weighted by Crippen LogP contribution is -2.72. The molecule has 0 radical (unpaired) electrons. The molecule has 8 nitrogen and oxygen atoms in total. The molecule has 0 amide bonds. The van der Waals surface area contributed by atoms with Gasteiger partial charge in [-0.25, -0.2) is 8.42 Å². The van der Waals surface area contributed by atoms with Gasteiger partial charge in [-0.05, 0) is 39.0 Å². The molecule has 10 heteroatoms. The molecule has 2 aromatic rings. The minimum absolute atomic E-state index is 0.625. The zero-order valence-corrected chi connectivity index (χ0v) is 17.6. The van der Waals surface area contributed by atoms with Crippen LogP contribution in [-0.2, 0) is 10.4 Å². The van der Waals surface area contributed by atoms with Crippen LogP contribution in [0.3, 0.4) is 0 Å². The van der Waals surface area contributed by atoms with Gasteiger partial charge >= 0.3 is 0 Å². The van der Waals surface area contributed by atoms with Crippen LogP contribution in [0.15, 0.2) is 40.1 Å². The van der Waals surface area contributed by atoms with E-state index in [0.717, 1.165) is 18.8 Å². The lowest BCUT2D eigenvalue weighted by Gasteiger charge is -2.24. The fraction of sp³-hybridized carbons (Fsp3) is 0.333. The highest BCUT2D eigenvalue weighted by atomic mass is 32.3. The van der Waals surface area contributed by atoms with Gasteiger partial charge in [-0.2, -0.15) is 0 Å². The maximum absolute atomic E-state index is 8.63. The Kier molecular flexibility index (Phi) is 7.55. The predicted octanol–water partition coefficient (Wildman–Crippen LogP) is 2.51. The second-order valence-corrected chi connectivity index (χ2v) is 7.87. The third-order valence-corrected chi connectivity index (χ3v) is 5.25. The molecule has 28 heavy (non-hydrogen) atoms. The Labute approximate surface area is 169 Å². The van der Waals surface area contributed by atoms with Gasteiger partial charge in [-0.1, -0.05) is 11.8 Å². The zero-order valence-electron chi connectivity index (χ0n) is 16.0. The first-order chi connectivity index (χ1) is 13.2. The number of quaternary nitrogens is 1. The first-order valence-corrected chi connectivity index (χ1v) is 11.0. The summed E-state index contributed by atoms with van der Waals surface area (Å²) in [6, 6.07) is 10.8. The Hall–Kier alpha value is -1.98. The predicted molar refractivity (Wildman–Crippen MR) is 110 cm³/mol. The van der Waals surface area contributed by atoms with E-state index < -0.39 is 10.4 Å². The van der Waals surface area contributed by atoms with E-state index in [2.05, 4.69) is 42.3 Å². The van der Waals surface area contributed by atoms with Gasteiger partial charge in [-0.15, -0.1) is 0 Å². The number of ether oxygens (including phenoxy) is 1. The number of nitrogens with two attached hydrogens (primary N) is 2. The highest BCUT2D eigenvalue weighted by Gasteiger charge is 2.23. The van der Waals surface area contributed by atoms with Gasteiger partial charge in [-0.3, -0.25) is 9.87 Å². The SMILES string of the molecule is CCOc1cc2c(cc1N)Sc1cc(N(CC)CC)ccc1[NH2+]2.O=S(=O)([O-])O. The van der Waals surface area contributed by atoms with Gasteiger partial charge in [0, 0.05) is 30.9 Å². The maximum Gasteiger partial charge on any atom is 0.215 e. The Balaban J connectivity index is 0.000000500. The molecule has 0 saturated carbocycles. The fourth-order valence-electron chi connectivity index (χ4n) is 2.88. The van der Waals surface area contributed by atoms with Crippen molar-refractivity contribution in [2.24, 2.45) is 0 Å². The van der Waals surface area contributed by atoms with Crippen molar-refractivity contribution in [2.45, 2.75) is 30.6 Å². The van der Waals surface area contributed by atoms with Crippen LogP contribution in [0.25, 0.3) is 0 Å². The van der Waals surface area contributed by atoms with Gasteiger partial charge < -0.3 is 19.9 Å². The molecule has 1 aliphatic heterocycles. The molecule has 0 bridgehead atoms. The quantitative estimate of drug-likeness (QED) is 0.321. The molecule has 0 atom stereocenters. The van der Waals surface area contributed by atoms with E-state index in [9.17, 15) is 0 Å². The molecule has 0 aromatic heterocycles. The molecule has 2 aromatic carbocycles. The molecule has 1 heterocycles. The number of hydrogen-bond donors (Lipinski definition) is 3. The lowest BCUT2D eigenvalue weighted by molar-refractivity contribution is -0.485. The summed E-state index contributed by atoms with van der Waals surface area (Å²) in [5.74, 6) is 0.770. The second kappa shape index (κ2) is 9.48. The number of nitrogen functional groups attached to an aromatic ring is 1. The topological polar surface area (TPSA) is 133 Å². The summed E-state index contributed by atoms with van der Waals surface area (Å²) < 4.78 is 38.4. The van der Waals surface area contributed by atoms with E-state index in [1.54, 1.807) is 11.8 Å². The van der Waals surface area contributed by atoms with E-state index in [0.29, 0.717) is 12.3 Å². The van der Waals surface area contributed by atoms with Crippen LogP contribution >= 0.6 is 11.8 Å². The molecule has 3 rings (SSSR count). The van der Waals surface area contributed by atoms with Gasteiger partial charge in [0.15, 0.2) is 5.69 Å². The molecule has 0 fully saturated rings. The molecule has 0 aliphatic carbocycles. The van der Waals surface area contributed by atoms with E-state index in [4.69, 9.17) is 28.0 Å². The maximum atomic E-state index is 8.63. The number of nitrogens with zero attached hydrogens (tertiary/aromatic N) is 1. The number of anilines is 2. The number of benzene rings is 2. The normalized spacial score (nSPS) is 12.3. The third kappa shape index (κ3) is 6.01. The zero-order chi connectivity index (χ0) is 20.9. The van der Waals surface area contributed by atoms with Crippen LogP contribution in [0.1, 0.15) is 20.8 Å². The smallest absolute Gasteiger partial charge is 0.215 e. The van der Waals surface area contributed by atoms with E-state index >= 15 is 0 Å². The molecular weight excluding hydrogens is 402 g/mol. The average Bonchev–Trinajstić information content (AvgIpc) is 2.61. The monoisotopic (exact) mass is 427 g/mol. The third-order valence-electron chi connectivity index (χ3n) is 4.10. The molecule has 1 aliphatic rings. The van der Waals surface area contributed by atoms with Gasteiger partial charge in [0.1, 0.15) is 11.4 Å². The molecular formula is C18H25N3O5S2. The Morgan fingerprint density at radius 3 is 2.32 bits per heavy atom. The largest absolute Gasteiger partial charge is 0.726 e. The highest BCUT2D eigenvalue weighted by molar-refractivity contribution is 7.99. The molecule has 0 saturated heterocycles. The second-order valence-electron chi connectivity index (χ2n) is 5.93. The Bertz CT molecular complexity index is 923. The molecule has 0 spiro atoms. The van der Waals surface area contributed by atoms with E-state index in [1.165, 1.54) is 26.9 Å². The van der Waals surface area contributed by atoms with E-state index in [-0.39, 0.29) is 0 Å². The summed E-state index contributed by atoms with van der Waals surface area (Å²) in [7, 11) is -4.92. The Morgan fingerprint density at radius 2 is 1.75 bits per heavy atom. The van der Waals surface area contributed by atoms with Crippen molar-refractivity contribution in [1.29, 1.82) is 0 Å². The van der Waals surface area contributed by atoms with Crippen LogP contribution in [0.4, 0.5) is 22.7 Å². The van der Waals surface area contributed by atoms with Crippen molar-refractivity contribution in [1.82, 2.24) is 0 Å². The van der Waals surface area contributed by atoms with Gasteiger partial charge in [0.05, 0.1) is 22.1 Å². The van der Waals surface area contributed by atoms with Crippen LogP contribution < -0.4 is 20.7 Å².